The van der Waals surface area contributed by atoms with E-state index in [0.717, 1.165) is 11.3 Å². The van der Waals surface area contributed by atoms with E-state index in [1.54, 1.807) is 4.90 Å². The van der Waals surface area contributed by atoms with Crippen molar-refractivity contribution in [3.05, 3.63) is 29.8 Å². The molecule has 122 valence electrons. The van der Waals surface area contributed by atoms with Gasteiger partial charge in [0.2, 0.25) is 0 Å². The van der Waals surface area contributed by atoms with Crippen LogP contribution in [0.2, 0.25) is 0 Å². The molecule has 1 aliphatic heterocycles. The van der Waals surface area contributed by atoms with Crippen molar-refractivity contribution in [3.63, 3.8) is 0 Å². The van der Waals surface area contributed by atoms with Crippen LogP contribution in [0.3, 0.4) is 0 Å². The van der Waals surface area contributed by atoms with Gasteiger partial charge in [-0.1, -0.05) is 39.0 Å². The predicted molar refractivity (Wildman–Crippen MR) is 89.2 cm³/mol. The van der Waals surface area contributed by atoms with E-state index in [1.807, 2.05) is 19.1 Å². The Labute approximate surface area is 132 Å². The summed E-state index contributed by atoms with van der Waals surface area (Å²) in [7, 11) is 0. The molecule has 1 aliphatic rings. The molecule has 1 aromatic carbocycles. The second kappa shape index (κ2) is 6.16. The lowest BCUT2D eigenvalue weighted by Crippen LogP contribution is -2.59. The van der Waals surface area contributed by atoms with Crippen LogP contribution in [0.5, 0.6) is 0 Å². The van der Waals surface area contributed by atoms with Gasteiger partial charge in [-0.15, -0.1) is 0 Å². The zero-order valence-corrected chi connectivity index (χ0v) is 13.9. The van der Waals surface area contributed by atoms with Gasteiger partial charge < -0.3 is 20.6 Å². The van der Waals surface area contributed by atoms with Crippen LogP contribution >= 0.6 is 0 Å². The van der Waals surface area contributed by atoms with Crippen molar-refractivity contribution in [1.82, 2.24) is 4.90 Å². The Hall–Kier alpha value is -1.75. The number of piperazine rings is 1. The van der Waals surface area contributed by atoms with Gasteiger partial charge in [0.05, 0.1) is 6.04 Å². The van der Waals surface area contributed by atoms with Gasteiger partial charge in [0.15, 0.2) is 0 Å². The Morgan fingerprint density at radius 3 is 2.50 bits per heavy atom. The summed E-state index contributed by atoms with van der Waals surface area (Å²) in [5.41, 5.74) is 8.21. The van der Waals surface area contributed by atoms with Gasteiger partial charge in [-0.05, 0) is 24.0 Å². The first-order valence-electron chi connectivity index (χ1n) is 7.81. The highest BCUT2D eigenvalue weighted by Gasteiger charge is 2.38. The van der Waals surface area contributed by atoms with Crippen molar-refractivity contribution in [2.75, 3.05) is 24.5 Å². The number of benzene rings is 1. The van der Waals surface area contributed by atoms with E-state index in [0.29, 0.717) is 19.6 Å². The first kappa shape index (κ1) is 16.6. The van der Waals surface area contributed by atoms with Crippen LogP contribution in [0.15, 0.2) is 24.3 Å². The van der Waals surface area contributed by atoms with Crippen molar-refractivity contribution in [2.45, 2.75) is 39.8 Å². The summed E-state index contributed by atoms with van der Waals surface area (Å²) in [5, 5.41) is 9.46. The molecule has 0 aliphatic carbocycles. The molecule has 22 heavy (non-hydrogen) atoms. The van der Waals surface area contributed by atoms with Crippen LogP contribution in [-0.4, -0.2) is 41.8 Å². The number of hydrogen-bond donors (Lipinski definition) is 2. The van der Waals surface area contributed by atoms with Crippen LogP contribution in [0.1, 0.15) is 39.3 Å². The quantitative estimate of drug-likeness (QED) is 0.881. The van der Waals surface area contributed by atoms with E-state index < -0.39 is 6.09 Å². The summed E-state index contributed by atoms with van der Waals surface area (Å²) < 4.78 is 0. The fourth-order valence-corrected chi connectivity index (χ4v) is 3.13. The standard InChI is InChI=1S/C17H27N3O2/c1-12(18)13-7-5-6-8-14(13)19-9-10-20(16(21)22)15(11-19)17(2,3)4/h5-8,12,15H,9-11,18H2,1-4H3,(H,21,22). The molecular formula is C17H27N3O2. The van der Waals surface area contributed by atoms with Crippen molar-refractivity contribution in [1.29, 1.82) is 0 Å². The Morgan fingerprint density at radius 2 is 1.95 bits per heavy atom. The Morgan fingerprint density at radius 1 is 1.32 bits per heavy atom. The molecule has 0 bridgehead atoms. The molecule has 5 heteroatoms. The van der Waals surface area contributed by atoms with Crippen molar-refractivity contribution >= 4 is 11.8 Å². The molecular weight excluding hydrogens is 278 g/mol. The summed E-state index contributed by atoms with van der Waals surface area (Å²) in [4.78, 5) is 15.4. The lowest BCUT2D eigenvalue weighted by molar-refractivity contribution is 0.0748. The maximum Gasteiger partial charge on any atom is 0.407 e. The molecule has 3 N–H and O–H groups in total. The van der Waals surface area contributed by atoms with Gasteiger partial charge in [0.25, 0.3) is 0 Å². The Bertz CT molecular complexity index is 537. The molecule has 2 rings (SSSR count). The zero-order valence-electron chi connectivity index (χ0n) is 13.9. The van der Waals surface area contributed by atoms with Gasteiger partial charge in [0, 0.05) is 31.4 Å². The number of amides is 1. The summed E-state index contributed by atoms with van der Waals surface area (Å²) >= 11 is 0. The van der Waals surface area contributed by atoms with Crippen molar-refractivity contribution < 1.29 is 9.90 Å². The highest BCUT2D eigenvalue weighted by atomic mass is 16.4. The lowest BCUT2D eigenvalue weighted by atomic mass is 9.84. The molecule has 0 aromatic heterocycles. The molecule has 1 fully saturated rings. The molecule has 1 aromatic rings. The number of carbonyl (C=O) groups is 1. The lowest BCUT2D eigenvalue weighted by Gasteiger charge is -2.47. The third-order valence-electron chi connectivity index (χ3n) is 4.39. The van der Waals surface area contributed by atoms with Gasteiger partial charge in [0.1, 0.15) is 0 Å². The maximum absolute atomic E-state index is 11.5. The molecule has 1 heterocycles. The normalized spacial score (nSPS) is 20.9. The second-order valence-electron chi connectivity index (χ2n) is 7.15. The number of hydrogen-bond acceptors (Lipinski definition) is 3. The van der Waals surface area contributed by atoms with Crippen LogP contribution in [0.25, 0.3) is 0 Å². The summed E-state index contributed by atoms with van der Waals surface area (Å²) in [5.74, 6) is 0. The molecule has 1 amide bonds. The highest BCUT2D eigenvalue weighted by molar-refractivity contribution is 5.67. The molecule has 0 saturated carbocycles. The number of nitrogens with zero attached hydrogens (tertiary/aromatic N) is 2. The molecule has 0 radical (unpaired) electrons. The molecule has 1 saturated heterocycles. The van der Waals surface area contributed by atoms with E-state index in [4.69, 9.17) is 5.73 Å². The van der Waals surface area contributed by atoms with Crippen LogP contribution in [0.4, 0.5) is 10.5 Å². The van der Waals surface area contributed by atoms with Crippen LogP contribution in [0, 0.1) is 5.41 Å². The van der Waals surface area contributed by atoms with Crippen molar-refractivity contribution in [3.8, 4) is 0 Å². The smallest absolute Gasteiger partial charge is 0.407 e. The minimum absolute atomic E-state index is 0.0400. The summed E-state index contributed by atoms with van der Waals surface area (Å²) in [6.45, 7) is 10.2. The summed E-state index contributed by atoms with van der Waals surface area (Å²) in [6, 6.07) is 8.06. The first-order chi connectivity index (χ1) is 10.2. The van der Waals surface area contributed by atoms with E-state index >= 15 is 0 Å². The third-order valence-corrected chi connectivity index (χ3v) is 4.39. The average molecular weight is 305 g/mol. The molecule has 0 spiro atoms. The van der Waals surface area contributed by atoms with Gasteiger partial charge in [-0.2, -0.15) is 0 Å². The summed E-state index contributed by atoms with van der Waals surface area (Å²) in [6.07, 6.45) is -0.833. The monoisotopic (exact) mass is 305 g/mol. The fraction of sp³-hybridized carbons (Fsp3) is 0.588. The van der Waals surface area contributed by atoms with Gasteiger partial charge >= 0.3 is 6.09 Å². The minimum atomic E-state index is -0.833. The number of nitrogens with two attached hydrogens (primary N) is 1. The van der Waals surface area contributed by atoms with Gasteiger partial charge in [-0.25, -0.2) is 4.79 Å². The number of para-hydroxylation sites is 1. The van der Waals surface area contributed by atoms with Crippen molar-refractivity contribution in [2.24, 2.45) is 11.1 Å². The van der Waals surface area contributed by atoms with Gasteiger partial charge in [-0.3, -0.25) is 0 Å². The minimum Gasteiger partial charge on any atom is -0.465 e. The molecule has 5 nitrogen and oxygen atoms in total. The molecule has 2 atom stereocenters. The largest absolute Gasteiger partial charge is 0.465 e. The molecule has 2 unspecified atom stereocenters. The average Bonchev–Trinajstić information content (AvgIpc) is 2.45. The van der Waals surface area contributed by atoms with E-state index in [2.05, 4.69) is 37.8 Å². The Kier molecular flexibility index (Phi) is 4.66. The topological polar surface area (TPSA) is 69.8 Å². The SMILES string of the molecule is CC(N)c1ccccc1N1CCN(C(=O)O)C(C(C)(C)C)C1. The fourth-order valence-electron chi connectivity index (χ4n) is 3.13. The van der Waals surface area contributed by atoms with E-state index in [1.165, 1.54) is 0 Å². The predicted octanol–water partition coefficient (Wildman–Crippen LogP) is 2.92. The van der Waals surface area contributed by atoms with Crippen LogP contribution in [-0.2, 0) is 0 Å². The second-order valence-corrected chi connectivity index (χ2v) is 7.15. The Balaban J connectivity index is 2.31. The zero-order chi connectivity index (χ0) is 16.5. The maximum atomic E-state index is 11.5. The number of anilines is 1. The third kappa shape index (κ3) is 3.35. The number of carboxylic acid groups (broad SMARTS) is 1. The van der Waals surface area contributed by atoms with Crippen LogP contribution < -0.4 is 10.6 Å². The highest BCUT2D eigenvalue weighted by Crippen LogP contribution is 2.32. The number of rotatable bonds is 2. The van der Waals surface area contributed by atoms with E-state index in [9.17, 15) is 9.90 Å². The van der Waals surface area contributed by atoms with E-state index in [-0.39, 0.29) is 17.5 Å². The first-order valence-corrected chi connectivity index (χ1v) is 7.81.